The van der Waals surface area contributed by atoms with Gasteiger partial charge in [-0.1, -0.05) is 0 Å². The minimum Gasteiger partial charge on any atom is -0.496 e. The number of piperidine rings is 1. The minimum absolute atomic E-state index is 0.0515. The number of carbonyl (C=O) groups excluding carboxylic acids is 1. The van der Waals surface area contributed by atoms with Crippen LogP contribution in [-0.2, 0) is 0 Å². The van der Waals surface area contributed by atoms with Crippen molar-refractivity contribution in [2.45, 2.75) is 76.2 Å². The van der Waals surface area contributed by atoms with E-state index in [0.29, 0.717) is 35.4 Å². The van der Waals surface area contributed by atoms with Crippen molar-refractivity contribution in [3.05, 3.63) is 42.2 Å². The fraction of sp³-hybridized carbons (Fsp3) is 0.500. The lowest BCUT2D eigenvalue weighted by molar-refractivity contribution is -0.0502. The summed E-state index contributed by atoms with van der Waals surface area (Å²) in [5, 5.41) is 8.97. The SMILES string of the molecule is COc1cc(-c2cnc3cc(OC4C[C@H]5CC[C@@H](C4)N5CCC#N)ccn23)cc(OC(F)F)c1C(=O)CC1CC1. The van der Waals surface area contributed by atoms with Gasteiger partial charge < -0.3 is 14.2 Å². The smallest absolute Gasteiger partial charge is 0.387 e. The van der Waals surface area contributed by atoms with Crippen molar-refractivity contribution in [3.8, 4) is 34.6 Å². The topological polar surface area (TPSA) is 89.1 Å². The van der Waals surface area contributed by atoms with Gasteiger partial charge in [0.15, 0.2) is 5.78 Å². The second-order valence-electron chi connectivity index (χ2n) is 11.0. The lowest BCUT2D eigenvalue weighted by atomic mass is 9.99. The Balaban J connectivity index is 1.24. The molecule has 6 rings (SSSR count). The highest BCUT2D eigenvalue weighted by Crippen LogP contribution is 2.41. The van der Waals surface area contributed by atoms with Gasteiger partial charge in [0.1, 0.15) is 34.6 Å². The van der Waals surface area contributed by atoms with E-state index in [-0.39, 0.29) is 41.3 Å². The van der Waals surface area contributed by atoms with Crippen LogP contribution < -0.4 is 14.2 Å². The quantitative estimate of drug-likeness (QED) is 0.275. The number of rotatable bonds is 11. The molecule has 2 bridgehead atoms. The summed E-state index contributed by atoms with van der Waals surface area (Å²) >= 11 is 0. The van der Waals surface area contributed by atoms with Crippen LogP contribution in [0.25, 0.3) is 16.9 Å². The number of aromatic nitrogens is 2. The van der Waals surface area contributed by atoms with E-state index < -0.39 is 6.61 Å². The molecule has 1 saturated carbocycles. The molecule has 3 atom stereocenters. The predicted octanol–water partition coefficient (Wildman–Crippen LogP) is 5.88. The first-order chi connectivity index (χ1) is 19.4. The molecule has 3 aliphatic rings. The van der Waals surface area contributed by atoms with Crippen LogP contribution in [0.3, 0.4) is 0 Å². The Labute approximate surface area is 231 Å². The number of ether oxygens (including phenoxy) is 3. The summed E-state index contributed by atoms with van der Waals surface area (Å²) in [5.41, 5.74) is 1.88. The summed E-state index contributed by atoms with van der Waals surface area (Å²) in [4.78, 5) is 20.0. The van der Waals surface area contributed by atoms with Crippen LogP contribution in [0.5, 0.6) is 17.2 Å². The zero-order valence-electron chi connectivity index (χ0n) is 22.4. The van der Waals surface area contributed by atoms with E-state index in [0.717, 1.165) is 50.8 Å². The number of methoxy groups -OCH3 is 1. The Bertz CT molecular complexity index is 1430. The lowest BCUT2D eigenvalue weighted by Gasteiger charge is -2.38. The number of nitriles is 1. The molecule has 0 spiro atoms. The molecule has 1 aromatic carbocycles. The zero-order chi connectivity index (χ0) is 27.8. The highest BCUT2D eigenvalue weighted by atomic mass is 19.3. The standard InChI is InChI=1S/C30H32F2N4O4/c1-38-26-12-19(13-27(40-30(31)32)29(26)25(37)11-18-3-4-18)24-17-34-28-16-22(7-10-36(24)28)39-23-14-20-5-6-21(15-23)35(20)9-2-8-33/h7,10,12-13,16-18,20-21,23,30H,2-6,9,11,14-15H2,1H3/t20-,21+,23?. The third-order valence-electron chi connectivity index (χ3n) is 8.36. The highest BCUT2D eigenvalue weighted by molar-refractivity contribution is 6.02. The van der Waals surface area contributed by atoms with Gasteiger partial charge in [-0.15, -0.1) is 0 Å². The van der Waals surface area contributed by atoms with E-state index in [4.69, 9.17) is 19.5 Å². The van der Waals surface area contributed by atoms with Crippen molar-refractivity contribution in [2.24, 2.45) is 5.92 Å². The molecule has 1 aliphatic carbocycles. The molecule has 3 fully saturated rings. The number of alkyl halides is 2. The van der Waals surface area contributed by atoms with Gasteiger partial charge in [-0.2, -0.15) is 14.0 Å². The third-order valence-corrected chi connectivity index (χ3v) is 8.36. The summed E-state index contributed by atoms with van der Waals surface area (Å²) in [6, 6.07) is 10.0. The fourth-order valence-corrected chi connectivity index (χ4v) is 6.35. The average Bonchev–Trinajstić information content (AvgIpc) is 3.59. The van der Waals surface area contributed by atoms with Crippen molar-refractivity contribution in [2.75, 3.05) is 13.7 Å². The first-order valence-electron chi connectivity index (χ1n) is 13.9. The number of benzene rings is 1. The van der Waals surface area contributed by atoms with E-state index in [1.165, 1.54) is 13.2 Å². The maximum atomic E-state index is 13.3. The average molecular weight is 551 g/mol. The summed E-state index contributed by atoms with van der Waals surface area (Å²) in [6.07, 6.45) is 10.5. The number of ketones is 1. The van der Waals surface area contributed by atoms with Gasteiger partial charge in [0.2, 0.25) is 0 Å². The summed E-state index contributed by atoms with van der Waals surface area (Å²) < 4.78 is 45.2. The Morgan fingerprint density at radius 1 is 1.15 bits per heavy atom. The Hall–Kier alpha value is -3.71. The molecule has 210 valence electrons. The predicted molar refractivity (Wildman–Crippen MR) is 143 cm³/mol. The van der Waals surface area contributed by atoms with Crippen LogP contribution >= 0.6 is 0 Å². The molecular formula is C30H32F2N4O4. The van der Waals surface area contributed by atoms with Gasteiger partial charge in [-0.3, -0.25) is 14.1 Å². The number of halogens is 2. The van der Waals surface area contributed by atoms with Crippen LogP contribution in [0.2, 0.25) is 0 Å². The zero-order valence-corrected chi connectivity index (χ0v) is 22.4. The molecule has 10 heteroatoms. The number of nitrogens with zero attached hydrogens (tertiary/aromatic N) is 4. The van der Waals surface area contributed by atoms with Crippen LogP contribution in [-0.4, -0.2) is 58.5 Å². The summed E-state index contributed by atoms with van der Waals surface area (Å²) in [5.74, 6) is 0.758. The maximum absolute atomic E-state index is 13.3. The van der Waals surface area contributed by atoms with Crippen LogP contribution in [0, 0.1) is 17.2 Å². The molecule has 0 amide bonds. The number of hydrogen-bond donors (Lipinski definition) is 0. The maximum Gasteiger partial charge on any atom is 0.387 e. The Morgan fingerprint density at radius 3 is 2.58 bits per heavy atom. The molecule has 4 heterocycles. The molecule has 2 aromatic heterocycles. The van der Waals surface area contributed by atoms with Gasteiger partial charge in [-0.05, 0) is 62.6 Å². The van der Waals surface area contributed by atoms with E-state index in [9.17, 15) is 13.6 Å². The van der Waals surface area contributed by atoms with Crippen molar-refractivity contribution in [1.82, 2.24) is 14.3 Å². The van der Waals surface area contributed by atoms with Crippen LogP contribution in [0.4, 0.5) is 8.78 Å². The van der Waals surface area contributed by atoms with Gasteiger partial charge in [0.25, 0.3) is 0 Å². The number of imidazole rings is 1. The number of carbonyl (C=O) groups is 1. The van der Waals surface area contributed by atoms with Crippen molar-refractivity contribution in [3.63, 3.8) is 0 Å². The molecule has 2 aliphatic heterocycles. The second kappa shape index (κ2) is 11.0. The van der Waals surface area contributed by atoms with Gasteiger partial charge in [0, 0.05) is 49.3 Å². The van der Waals surface area contributed by atoms with Crippen molar-refractivity contribution in [1.29, 1.82) is 5.26 Å². The van der Waals surface area contributed by atoms with E-state index in [1.54, 1.807) is 12.3 Å². The Kier molecular flexibility index (Phi) is 7.32. The first-order valence-corrected chi connectivity index (χ1v) is 13.9. The number of Topliss-reactive ketones (excluding diaryl/α,β-unsaturated/α-hetero) is 1. The van der Waals surface area contributed by atoms with Gasteiger partial charge in [0.05, 0.1) is 25.1 Å². The number of hydrogen-bond acceptors (Lipinski definition) is 7. The van der Waals surface area contributed by atoms with Gasteiger partial charge in [-0.25, -0.2) is 4.98 Å². The van der Waals surface area contributed by atoms with Crippen LogP contribution in [0.15, 0.2) is 36.7 Å². The highest BCUT2D eigenvalue weighted by Gasteiger charge is 2.41. The molecule has 0 N–H and O–H groups in total. The third kappa shape index (κ3) is 5.35. The molecule has 40 heavy (non-hydrogen) atoms. The second-order valence-corrected chi connectivity index (χ2v) is 11.0. The monoisotopic (exact) mass is 550 g/mol. The largest absolute Gasteiger partial charge is 0.496 e. The summed E-state index contributed by atoms with van der Waals surface area (Å²) in [7, 11) is 1.41. The molecular weight excluding hydrogens is 518 g/mol. The van der Waals surface area contributed by atoms with Gasteiger partial charge >= 0.3 is 6.61 Å². The fourth-order valence-electron chi connectivity index (χ4n) is 6.35. The van der Waals surface area contributed by atoms with Crippen LogP contribution in [0.1, 0.15) is 61.7 Å². The molecule has 2 saturated heterocycles. The van der Waals surface area contributed by atoms with E-state index >= 15 is 0 Å². The van der Waals surface area contributed by atoms with Crippen molar-refractivity contribution < 1.29 is 27.8 Å². The molecule has 0 radical (unpaired) electrons. The van der Waals surface area contributed by atoms with E-state index in [1.807, 2.05) is 22.7 Å². The number of pyridine rings is 1. The molecule has 1 unspecified atom stereocenters. The minimum atomic E-state index is -3.08. The number of fused-ring (bicyclic) bond motifs is 3. The lowest BCUT2D eigenvalue weighted by Crippen LogP contribution is -2.46. The Morgan fingerprint density at radius 2 is 1.90 bits per heavy atom. The molecule has 3 aromatic rings. The molecule has 8 nitrogen and oxygen atoms in total. The normalized spacial score (nSPS) is 22.4. The summed E-state index contributed by atoms with van der Waals surface area (Å²) in [6.45, 7) is -2.26. The first kappa shape index (κ1) is 26.5. The van der Waals surface area contributed by atoms with Crippen molar-refractivity contribution >= 4 is 11.4 Å². The van der Waals surface area contributed by atoms with E-state index in [2.05, 4.69) is 16.0 Å².